The zero-order valence-corrected chi connectivity index (χ0v) is 22.8. The summed E-state index contributed by atoms with van der Waals surface area (Å²) in [7, 11) is 0. The van der Waals surface area contributed by atoms with E-state index in [1.807, 2.05) is 51.1 Å². The van der Waals surface area contributed by atoms with Crippen LogP contribution < -0.4 is 11.2 Å². The molecule has 3 heterocycles. The van der Waals surface area contributed by atoms with Gasteiger partial charge in [0.2, 0.25) is 0 Å². The van der Waals surface area contributed by atoms with Gasteiger partial charge in [0.05, 0.1) is 17.7 Å². The molecule has 9 nitrogen and oxygen atoms in total. The van der Waals surface area contributed by atoms with E-state index in [2.05, 4.69) is 15.3 Å². The second-order valence-corrected chi connectivity index (χ2v) is 9.90. The van der Waals surface area contributed by atoms with Gasteiger partial charge in [0.25, 0.3) is 5.56 Å². The third-order valence-electron chi connectivity index (χ3n) is 6.63. The number of H-pyrrole nitrogens is 1. The molecule has 0 saturated heterocycles. The Balaban J connectivity index is 1.78. The number of nitrogens with zero attached hydrogens (tertiary/aromatic N) is 5. The van der Waals surface area contributed by atoms with E-state index in [4.69, 9.17) is 16.3 Å². The summed E-state index contributed by atoms with van der Waals surface area (Å²) in [5.41, 5.74) is 1.42. The maximum Gasteiger partial charge on any atom is 0.352 e. The van der Waals surface area contributed by atoms with Gasteiger partial charge in [-0.2, -0.15) is 9.78 Å². The van der Waals surface area contributed by atoms with Crippen molar-refractivity contribution in [3.63, 3.8) is 0 Å². The zero-order chi connectivity index (χ0) is 27.8. The second kappa shape index (κ2) is 10.6. The molecule has 1 N–H and O–H groups in total. The van der Waals surface area contributed by atoms with Crippen LogP contribution in [-0.2, 0) is 24.5 Å². The second-order valence-electron chi connectivity index (χ2n) is 9.54. The van der Waals surface area contributed by atoms with Gasteiger partial charge >= 0.3 is 5.69 Å². The molecule has 5 rings (SSSR count). The number of aryl methyl sites for hydroxylation is 1. The number of benzene rings is 2. The van der Waals surface area contributed by atoms with Crippen molar-refractivity contribution in [3.05, 3.63) is 103 Å². The number of rotatable bonds is 8. The Kier molecular flexibility index (Phi) is 7.24. The highest BCUT2D eigenvalue weighted by molar-refractivity contribution is 6.31. The molecule has 2 aromatic carbocycles. The van der Waals surface area contributed by atoms with Crippen LogP contribution in [0.1, 0.15) is 49.3 Å². The van der Waals surface area contributed by atoms with E-state index < -0.39 is 17.1 Å². The van der Waals surface area contributed by atoms with Gasteiger partial charge in [-0.25, -0.2) is 9.18 Å². The maximum atomic E-state index is 14.3. The Morgan fingerprint density at radius 1 is 1.08 bits per heavy atom. The minimum Gasteiger partial charge on any atom is -0.369 e. The van der Waals surface area contributed by atoms with Gasteiger partial charge in [-0.1, -0.05) is 61.8 Å². The lowest BCUT2D eigenvalue weighted by molar-refractivity contribution is 0.0989. The average Bonchev–Trinajstić information content (AvgIpc) is 3.41. The van der Waals surface area contributed by atoms with Crippen LogP contribution >= 0.6 is 11.6 Å². The maximum absolute atomic E-state index is 14.3. The molecule has 0 saturated carbocycles. The van der Waals surface area contributed by atoms with E-state index >= 15 is 0 Å². The highest BCUT2D eigenvalue weighted by Crippen LogP contribution is 2.33. The van der Waals surface area contributed by atoms with Gasteiger partial charge < -0.3 is 4.74 Å². The van der Waals surface area contributed by atoms with Crippen LogP contribution in [0.4, 0.5) is 4.39 Å². The molecule has 0 aliphatic carbocycles. The molecule has 0 spiro atoms. The van der Waals surface area contributed by atoms with Gasteiger partial charge in [0, 0.05) is 12.1 Å². The summed E-state index contributed by atoms with van der Waals surface area (Å²) < 4.78 is 24.3. The topological polar surface area (TPSA) is 99.7 Å². The van der Waals surface area contributed by atoms with Gasteiger partial charge in [-0.15, -0.1) is 5.10 Å². The number of pyridine rings is 1. The molecule has 0 bridgehead atoms. The van der Waals surface area contributed by atoms with Gasteiger partial charge in [-0.05, 0) is 42.8 Å². The number of hydrogen-bond acceptors (Lipinski definition) is 5. The Morgan fingerprint density at radius 2 is 1.82 bits per heavy atom. The summed E-state index contributed by atoms with van der Waals surface area (Å²) in [5.74, 6) is -0.0977. The Bertz CT molecular complexity index is 1770. The van der Waals surface area contributed by atoms with Crippen molar-refractivity contribution >= 4 is 22.4 Å². The van der Waals surface area contributed by atoms with Crippen molar-refractivity contribution in [3.8, 4) is 11.5 Å². The summed E-state index contributed by atoms with van der Waals surface area (Å²) in [6.07, 6.45) is 0. The van der Waals surface area contributed by atoms with Crippen LogP contribution in [0.15, 0.2) is 58.1 Å². The predicted molar refractivity (Wildman–Crippen MR) is 147 cm³/mol. The summed E-state index contributed by atoms with van der Waals surface area (Å²) >= 11 is 6.45. The van der Waals surface area contributed by atoms with E-state index in [1.54, 1.807) is 13.0 Å². The summed E-state index contributed by atoms with van der Waals surface area (Å²) in [5, 5.41) is 12.2. The van der Waals surface area contributed by atoms with E-state index in [1.165, 1.54) is 25.9 Å². The van der Waals surface area contributed by atoms with Gasteiger partial charge in [0.15, 0.2) is 16.8 Å². The van der Waals surface area contributed by atoms with Crippen molar-refractivity contribution in [2.75, 3.05) is 0 Å². The summed E-state index contributed by atoms with van der Waals surface area (Å²) in [6.45, 7) is 8.19. The van der Waals surface area contributed by atoms with E-state index in [-0.39, 0.29) is 34.6 Å². The number of fused-ring (bicyclic) bond motifs is 1. The molecule has 0 aliphatic rings. The molecule has 3 aromatic heterocycles. The van der Waals surface area contributed by atoms with Crippen LogP contribution in [-0.4, -0.2) is 29.1 Å². The fourth-order valence-electron chi connectivity index (χ4n) is 4.86. The molecule has 39 heavy (non-hydrogen) atoms. The quantitative estimate of drug-likeness (QED) is 0.292. The summed E-state index contributed by atoms with van der Waals surface area (Å²) in [4.78, 5) is 27.8. The van der Waals surface area contributed by atoms with Crippen LogP contribution in [0.3, 0.4) is 0 Å². The first-order chi connectivity index (χ1) is 18.7. The Morgan fingerprint density at radius 3 is 2.46 bits per heavy atom. The normalized spacial score (nSPS) is 11.7. The highest BCUT2D eigenvalue weighted by Gasteiger charge is 2.28. The highest BCUT2D eigenvalue weighted by atomic mass is 35.5. The summed E-state index contributed by atoms with van der Waals surface area (Å²) in [6, 6.07) is 13.7. The van der Waals surface area contributed by atoms with Crippen LogP contribution in [0.25, 0.3) is 22.3 Å². The van der Waals surface area contributed by atoms with E-state index in [0.29, 0.717) is 35.6 Å². The van der Waals surface area contributed by atoms with Crippen molar-refractivity contribution in [1.82, 2.24) is 29.1 Å². The molecule has 0 unspecified atom stereocenters. The fraction of sp³-hybridized carbons (Fsp3) is 0.286. The van der Waals surface area contributed by atoms with E-state index in [9.17, 15) is 14.0 Å². The number of nitrogens with one attached hydrogen (secondary N) is 1. The van der Waals surface area contributed by atoms with Gasteiger partial charge in [0.1, 0.15) is 18.1 Å². The minimum atomic E-state index is -0.547. The largest absolute Gasteiger partial charge is 0.369 e. The smallest absolute Gasteiger partial charge is 0.352 e. The third kappa shape index (κ3) is 4.70. The lowest BCUT2D eigenvalue weighted by Crippen LogP contribution is -2.32. The average molecular weight is 551 g/mol. The van der Waals surface area contributed by atoms with Crippen LogP contribution in [0.2, 0.25) is 5.15 Å². The molecule has 0 amide bonds. The number of ether oxygens (including phenoxy) is 1. The molecule has 0 radical (unpaired) electrons. The van der Waals surface area contributed by atoms with Crippen molar-refractivity contribution < 1.29 is 9.13 Å². The van der Waals surface area contributed by atoms with Crippen molar-refractivity contribution in [2.24, 2.45) is 0 Å². The lowest BCUT2D eigenvalue weighted by atomic mass is 9.96. The Hall–Kier alpha value is -4.02. The molecular formula is C28H28ClFN6O3. The Labute approximate surface area is 228 Å². The number of hydrogen-bond donors (Lipinski definition) is 1. The first kappa shape index (κ1) is 26.6. The minimum absolute atomic E-state index is 0.0377. The molecule has 5 aromatic rings. The van der Waals surface area contributed by atoms with Crippen molar-refractivity contribution in [2.45, 2.75) is 53.4 Å². The molecule has 0 aliphatic heterocycles. The molecule has 11 heteroatoms. The van der Waals surface area contributed by atoms with Crippen LogP contribution in [0.5, 0.6) is 0 Å². The molecule has 0 atom stereocenters. The first-order valence-corrected chi connectivity index (χ1v) is 13.0. The number of aromatic nitrogens is 6. The number of aromatic amines is 1. The monoisotopic (exact) mass is 550 g/mol. The SMILES string of the molecule is CCn1c(COCc2ccccc2)nn(-c2c(C(C)C)c3ccc(F)cc3c(=O)n2-c2c(Cl)n[nH]c2C)c1=O. The molecular weight excluding hydrogens is 523 g/mol. The van der Waals surface area contributed by atoms with E-state index in [0.717, 1.165) is 5.56 Å². The standard InChI is InChI=1S/C28H28ClFN6O3/c1-5-34-22(15-39-14-18-9-7-6-8-10-18)33-36(28(34)38)26-23(16(2)3)20-12-11-19(30)13-21(20)27(37)35(26)24-17(4)31-32-25(24)29/h6-13,16H,5,14-15H2,1-4H3,(H,31,32). The molecule has 0 fully saturated rings. The van der Waals surface area contributed by atoms with Crippen molar-refractivity contribution in [1.29, 1.82) is 0 Å². The predicted octanol–water partition coefficient (Wildman–Crippen LogP) is 5.02. The molecule has 202 valence electrons. The first-order valence-electron chi connectivity index (χ1n) is 12.6. The third-order valence-corrected chi connectivity index (χ3v) is 6.89. The lowest BCUT2D eigenvalue weighted by Gasteiger charge is -2.21. The zero-order valence-electron chi connectivity index (χ0n) is 22.0. The fourth-order valence-corrected chi connectivity index (χ4v) is 5.13. The number of halogens is 2. The van der Waals surface area contributed by atoms with Crippen LogP contribution in [0, 0.1) is 12.7 Å². The van der Waals surface area contributed by atoms with Gasteiger partial charge in [-0.3, -0.25) is 19.0 Å².